The van der Waals surface area contributed by atoms with Crippen LogP contribution < -0.4 is 10.3 Å². The summed E-state index contributed by atoms with van der Waals surface area (Å²) in [6.07, 6.45) is 4.48. The number of hydrogen-bond acceptors (Lipinski definition) is 6. The Balaban J connectivity index is 1.63. The number of amides is 1. The van der Waals surface area contributed by atoms with Gasteiger partial charge in [0.1, 0.15) is 0 Å². The lowest BCUT2D eigenvalue weighted by molar-refractivity contribution is -0.384. The molecule has 28 heavy (non-hydrogen) atoms. The molecule has 1 heterocycles. The molecule has 142 valence electrons. The van der Waals surface area contributed by atoms with Gasteiger partial charge in [0, 0.05) is 38.1 Å². The molecule has 0 radical (unpaired) electrons. The smallest absolute Gasteiger partial charge is 0.274 e. The number of nitro benzene ring substituents is 1. The lowest BCUT2D eigenvalue weighted by Crippen LogP contribution is -2.17. The molecule has 9 heteroatoms. The van der Waals surface area contributed by atoms with Crippen LogP contribution in [0.15, 0.2) is 66.0 Å². The molecule has 2 aromatic carbocycles. The van der Waals surface area contributed by atoms with Crippen LogP contribution in [0.1, 0.15) is 15.9 Å². The third-order valence-electron chi connectivity index (χ3n) is 3.96. The lowest BCUT2D eigenvalue weighted by Gasteiger charge is -2.11. The lowest BCUT2D eigenvalue weighted by atomic mass is 10.2. The Morgan fingerprint density at radius 3 is 2.46 bits per heavy atom. The molecule has 3 rings (SSSR count). The number of nitrogens with zero attached hydrogens (tertiary/aromatic N) is 5. The van der Waals surface area contributed by atoms with E-state index in [2.05, 4.69) is 15.6 Å². The summed E-state index contributed by atoms with van der Waals surface area (Å²) in [5, 5.41) is 18.8. The second-order valence-corrected chi connectivity index (χ2v) is 6.13. The van der Waals surface area contributed by atoms with Gasteiger partial charge in [-0.15, -0.1) is 0 Å². The number of nitro groups is 1. The van der Waals surface area contributed by atoms with Crippen molar-refractivity contribution in [2.24, 2.45) is 5.10 Å². The Bertz CT molecular complexity index is 1010. The molecule has 1 amide bonds. The molecule has 0 aliphatic carbocycles. The van der Waals surface area contributed by atoms with E-state index < -0.39 is 10.8 Å². The van der Waals surface area contributed by atoms with E-state index in [1.807, 2.05) is 43.3 Å². The topological polar surface area (TPSA) is 106 Å². The van der Waals surface area contributed by atoms with Gasteiger partial charge in [0.25, 0.3) is 11.6 Å². The average Bonchev–Trinajstić information content (AvgIpc) is 3.18. The van der Waals surface area contributed by atoms with Gasteiger partial charge >= 0.3 is 0 Å². The molecule has 0 aliphatic rings. The van der Waals surface area contributed by atoms with Gasteiger partial charge < -0.3 is 4.90 Å². The Hall–Kier alpha value is -4.01. The second-order valence-electron chi connectivity index (χ2n) is 6.13. The number of hydrogen-bond donors (Lipinski definition) is 1. The van der Waals surface area contributed by atoms with Crippen LogP contribution >= 0.6 is 0 Å². The van der Waals surface area contributed by atoms with Gasteiger partial charge in [-0.3, -0.25) is 14.9 Å². The maximum atomic E-state index is 12.2. The van der Waals surface area contributed by atoms with E-state index in [-0.39, 0.29) is 5.69 Å². The van der Waals surface area contributed by atoms with Gasteiger partial charge in [-0.2, -0.15) is 10.2 Å². The van der Waals surface area contributed by atoms with Gasteiger partial charge in [0.05, 0.1) is 28.6 Å². The van der Waals surface area contributed by atoms with Crippen molar-refractivity contribution in [3.63, 3.8) is 0 Å². The minimum absolute atomic E-state index is 0.0122. The summed E-state index contributed by atoms with van der Waals surface area (Å²) in [4.78, 5) is 24.4. The van der Waals surface area contributed by atoms with Crippen molar-refractivity contribution in [2.45, 2.75) is 0 Å². The van der Waals surface area contributed by atoms with Crippen LogP contribution in [0.25, 0.3) is 5.69 Å². The Labute approximate surface area is 161 Å². The first-order chi connectivity index (χ1) is 13.4. The van der Waals surface area contributed by atoms with Crippen LogP contribution in [0, 0.1) is 10.1 Å². The zero-order valence-corrected chi connectivity index (χ0v) is 15.3. The first-order valence-corrected chi connectivity index (χ1v) is 8.34. The molecule has 3 aromatic rings. The number of aromatic nitrogens is 2. The fraction of sp³-hybridized carbons (Fsp3) is 0.105. The normalized spacial score (nSPS) is 10.8. The molecule has 1 aromatic heterocycles. The van der Waals surface area contributed by atoms with Gasteiger partial charge in [-0.05, 0) is 29.8 Å². The zero-order chi connectivity index (χ0) is 20.1. The number of rotatable bonds is 6. The highest BCUT2D eigenvalue weighted by atomic mass is 16.6. The van der Waals surface area contributed by atoms with E-state index in [4.69, 9.17) is 0 Å². The summed E-state index contributed by atoms with van der Waals surface area (Å²) in [6.45, 7) is 0. The number of carbonyl (C=O) groups excluding carboxylic acids is 1. The number of non-ortho nitro benzene ring substituents is 1. The minimum atomic E-state index is -0.474. The minimum Gasteiger partial charge on any atom is -0.378 e. The standard InChI is InChI=1S/C19H18N6O3/c1-23(2)16-5-3-14(4-6-16)11-20-22-19(26)15-12-21-24(13-15)17-7-9-18(10-8-17)25(27)28/h3-13H,1-2H3,(H,22,26)/b20-11-. The van der Waals surface area contributed by atoms with Crippen molar-refractivity contribution in [1.82, 2.24) is 15.2 Å². The Morgan fingerprint density at radius 1 is 1.18 bits per heavy atom. The summed E-state index contributed by atoms with van der Waals surface area (Å²) in [5.74, 6) is -0.408. The monoisotopic (exact) mass is 378 g/mol. The predicted octanol–water partition coefficient (Wildman–Crippen LogP) is 2.61. The van der Waals surface area contributed by atoms with E-state index in [0.29, 0.717) is 11.3 Å². The van der Waals surface area contributed by atoms with Crippen LogP contribution in [-0.2, 0) is 0 Å². The molecule has 0 spiro atoms. The van der Waals surface area contributed by atoms with Gasteiger partial charge in [-0.25, -0.2) is 10.1 Å². The molecule has 0 aliphatic heterocycles. The summed E-state index contributed by atoms with van der Waals surface area (Å²) < 4.78 is 1.46. The molecule has 9 nitrogen and oxygen atoms in total. The van der Waals surface area contributed by atoms with Gasteiger partial charge in [0.15, 0.2) is 0 Å². The molecule has 0 fully saturated rings. The first-order valence-electron chi connectivity index (χ1n) is 8.34. The highest BCUT2D eigenvalue weighted by Crippen LogP contribution is 2.15. The van der Waals surface area contributed by atoms with Gasteiger partial charge in [-0.1, -0.05) is 12.1 Å². The van der Waals surface area contributed by atoms with Crippen LogP contribution in [0.3, 0.4) is 0 Å². The number of nitrogens with one attached hydrogen (secondary N) is 1. The van der Waals surface area contributed by atoms with Gasteiger partial charge in [0.2, 0.25) is 0 Å². The molecule has 0 saturated carbocycles. The van der Waals surface area contributed by atoms with E-state index in [1.165, 1.54) is 29.2 Å². The van der Waals surface area contributed by atoms with E-state index in [9.17, 15) is 14.9 Å². The number of anilines is 1. The van der Waals surface area contributed by atoms with E-state index >= 15 is 0 Å². The Morgan fingerprint density at radius 2 is 1.86 bits per heavy atom. The van der Waals surface area contributed by atoms with E-state index in [1.54, 1.807) is 18.3 Å². The quantitative estimate of drug-likeness (QED) is 0.403. The fourth-order valence-corrected chi connectivity index (χ4v) is 2.40. The van der Waals surface area contributed by atoms with Crippen molar-refractivity contribution in [1.29, 1.82) is 0 Å². The molecule has 1 N–H and O–H groups in total. The highest BCUT2D eigenvalue weighted by Gasteiger charge is 2.10. The average molecular weight is 378 g/mol. The summed E-state index contributed by atoms with van der Waals surface area (Å²) in [5.41, 5.74) is 5.29. The number of carbonyl (C=O) groups is 1. The van der Waals surface area contributed by atoms with Crippen LogP contribution in [0.5, 0.6) is 0 Å². The largest absolute Gasteiger partial charge is 0.378 e. The molecule has 0 bridgehead atoms. The summed E-state index contributed by atoms with van der Waals surface area (Å²) in [7, 11) is 3.92. The van der Waals surface area contributed by atoms with Crippen molar-refractivity contribution in [3.05, 3.63) is 82.2 Å². The summed E-state index contributed by atoms with van der Waals surface area (Å²) in [6, 6.07) is 13.6. The third-order valence-corrected chi connectivity index (χ3v) is 3.96. The van der Waals surface area contributed by atoms with Crippen molar-refractivity contribution < 1.29 is 9.72 Å². The molecular weight excluding hydrogens is 360 g/mol. The van der Waals surface area contributed by atoms with Crippen LogP contribution in [0.2, 0.25) is 0 Å². The number of hydrazone groups is 1. The molecule has 0 saturated heterocycles. The number of benzene rings is 2. The zero-order valence-electron chi connectivity index (χ0n) is 15.3. The van der Waals surface area contributed by atoms with Crippen LogP contribution in [0.4, 0.5) is 11.4 Å². The van der Waals surface area contributed by atoms with E-state index in [0.717, 1.165) is 11.3 Å². The second kappa shape index (κ2) is 8.12. The fourth-order valence-electron chi connectivity index (χ4n) is 2.40. The molecular formula is C19H18N6O3. The Kier molecular flexibility index (Phi) is 5.45. The maximum absolute atomic E-state index is 12.2. The van der Waals surface area contributed by atoms with Crippen molar-refractivity contribution >= 4 is 23.5 Å². The third kappa shape index (κ3) is 4.39. The first kappa shape index (κ1) is 18.8. The summed E-state index contributed by atoms with van der Waals surface area (Å²) >= 11 is 0. The molecule has 0 unspecified atom stereocenters. The van der Waals surface area contributed by atoms with Crippen LogP contribution in [-0.4, -0.2) is 40.9 Å². The van der Waals surface area contributed by atoms with Crippen molar-refractivity contribution in [3.8, 4) is 5.69 Å². The predicted molar refractivity (Wildman–Crippen MR) is 106 cm³/mol. The maximum Gasteiger partial charge on any atom is 0.274 e. The highest BCUT2D eigenvalue weighted by molar-refractivity contribution is 5.94. The SMILES string of the molecule is CN(C)c1ccc(/C=N\NC(=O)c2cnn(-c3ccc([N+](=O)[O-])cc3)c2)cc1. The van der Waals surface area contributed by atoms with Crippen molar-refractivity contribution in [2.75, 3.05) is 19.0 Å². The molecule has 0 atom stereocenters.